The number of aromatic carboxylic acids is 1. The number of carbonyl (C=O) groups excluding carboxylic acids is 1. The lowest BCUT2D eigenvalue weighted by Gasteiger charge is -2.20. The minimum absolute atomic E-state index is 0.0193. The molecule has 224 valence electrons. The molecule has 3 N–H and O–H groups in total. The zero-order valence-electron chi connectivity index (χ0n) is 23.6. The Morgan fingerprint density at radius 2 is 1.91 bits per heavy atom. The summed E-state index contributed by atoms with van der Waals surface area (Å²) in [5, 5.41) is 18.5. The van der Waals surface area contributed by atoms with Gasteiger partial charge in [-0.05, 0) is 72.4 Å². The summed E-state index contributed by atoms with van der Waals surface area (Å²) in [5.74, 6) is -2.08. The second-order valence-electron chi connectivity index (χ2n) is 11.3. The normalized spacial score (nSPS) is 15.6. The van der Waals surface area contributed by atoms with E-state index in [1.807, 2.05) is 16.7 Å². The van der Waals surface area contributed by atoms with Crippen molar-refractivity contribution in [2.75, 3.05) is 13.1 Å². The molecule has 0 bridgehead atoms. The van der Waals surface area contributed by atoms with Gasteiger partial charge in [-0.1, -0.05) is 6.08 Å². The van der Waals surface area contributed by atoms with E-state index in [1.165, 1.54) is 24.3 Å². The van der Waals surface area contributed by atoms with E-state index in [0.29, 0.717) is 42.9 Å². The Labute approximate surface area is 251 Å². The average molecular weight is 599 g/mol. The summed E-state index contributed by atoms with van der Waals surface area (Å²) in [4.78, 5) is 34.8. The largest absolute Gasteiger partial charge is 0.484 e. The molecule has 0 saturated heterocycles. The van der Waals surface area contributed by atoms with Crippen molar-refractivity contribution in [3.8, 4) is 11.8 Å². The molecule has 2 aromatic carbocycles. The topological polar surface area (TPSA) is 147 Å². The molecule has 0 spiro atoms. The molecule has 1 saturated carbocycles. The van der Waals surface area contributed by atoms with Gasteiger partial charge < -0.3 is 20.1 Å². The lowest BCUT2D eigenvalue weighted by atomic mass is 10.0. The summed E-state index contributed by atoms with van der Waals surface area (Å²) < 4.78 is 36.3. The highest BCUT2D eigenvalue weighted by molar-refractivity contribution is 5.92. The van der Waals surface area contributed by atoms with E-state index >= 15 is 0 Å². The number of rotatable bonds is 11. The van der Waals surface area contributed by atoms with Gasteiger partial charge in [0.2, 0.25) is 5.91 Å². The van der Waals surface area contributed by atoms with E-state index < -0.39 is 17.6 Å². The van der Waals surface area contributed by atoms with Crippen molar-refractivity contribution in [2.24, 2.45) is 11.1 Å². The molecule has 0 unspecified atom stereocenters. The molecule has 1 aliphatic carbocycles. The van der Waals surface area contributed by atoms with Gasteiger partial charge >= 0.3 is 5.97 Å². The van der Waals surface area contributed by atoms with Gasteiger partial charge in [0.1, 0.15) is 23.9 Å². The predicted octanol–water partition coefficient (Wildman–Crippen LogP) is 4.41. The van der Waals surface area contributed by atoms with E-state index in [2.05, 4.69) is 9.88 Å². The number of pyridine rings is 1. The second kappa shape index (κ2) is 11.5. The highest BCUT2D eigenvalue weighted by Crippen LogP contribution is 2.50. The maximum Gasteiger partial charge on any atom is 0.335 e. The number of aromatic nitrogens is 3. The molecule has 1 fully saturated rings. The van der Waals surface area contributed by atoms with Gasteiger partial charge in [0.05, 0.1) is 40.5 Å². The van der Waals surface area contributed by atoms with Crippen LogP contribution in [-0.2, 0) is 24.5 Å². The number of carbonyl (C=O) groups is 2. The lowest BCUT2D eigenvalue weighted by molar-refractivity contribution is -0.119. The van der Waals surface area contributed by atoms with Crippen LogP contribution in [0.5, 0.6) is 5.75 Å². The third-order valence-corrected chi connectivity index (χ3v) is 8.10. The first-order valence-electron chi connectivity index (χ1n) is 14.0. The number of nitriles is 1. The Kier molecular flexibility index (Phi) is 7.57. The van der Waals surface area contributed by atoms with Gasteiger partial charge in [0, 0.05) is 26.1 Å². The average Bonchev–Trinajstić information content (AvgIpc) is 3.43. The van der Waals surface area contributed by atoms with E-state index in [9.17, 15) is 23.5 Å². The first kappa shape index (κ1) is 28.9. The van der Waals surface area contributed by atoms with Crippen molar-refractivity contribution in [2.45, 2.75) is 39.0 Å². The van der Waals surface area contributed by atoms with Crippen molar-refractivity contribution >= 4 is 28.5 Å². The SMILES string of the molecule is N#Cc1ccc(OCc2nc(C3=CCN(Cc4nc5ccc(C(=O)O)cc5n4CC4(CC(N)=O)CC4)C3)ccc2F)c(F)c1. The molecule has 4 aromatic rings. The third-order valence-electron chi connectivity index (χ3n) is 8.10. The zero-order chi connectivity index (χ0) is 31.0. The van der Waals surface area contributed by atoms with Crippen molar-refractivity contribution in [3.63, 3.8) is 0 Å². The molecule has 6 rings (SSSR count). The molecule has 12 heteroatoms. The number of primary amides is 1. The van der Waals surface area contributed by atoms with Crippen LogP contribution >= 0.6 is 0 Å². The maximum absolute atomic E-state index is 14.6. The van der Waals surface area contributed by atoms with Crippen LogP contribution in [0.25, 0.3) is 16.6 Å². The van der Waals surface area contributed by atoms with E-state index in [0.717, 1.165) is 30.3 Å². The standard InChI is InChI=1S/C32H28F2N6O4/c33-22-3-5-24(37-26(22)17-44-28-6-1-19(14-35)11-23(28)34)21-7-10-39(15-21)16-30-38-25-4-2-20(31(42)43)12-27(25)40(30)18-32(8-9-32)13-29(36)41/h1-7,11-12H,8-10,13,15-18H2,(H2,36,41)(H,42,43). The van der Waals surface area contributed by atoms with Crippen LogP contribution in [0.4, 0.5) is 8.78 Å². The van der Waals surface area contributed by atoms with Crippen molar-refractivity contribution < 1.29 is 28.2 Å². The van der Waals surface area contributed by atoms with Gasteiger partial charge in [-0.25, -0.2) is 23.5 Å². The second-order valence-corrected chi connectivity index (χ2v) is 11.3. The molecule has 44 heavy (non-hydrogen) atoms. The highest BCUT2D eigenvalue weighted by Gasteiger charge is 2.45. The van der Waals surface area contributed by atoms with Crippen molar-refractivity contribution in [3.05, 3.63) is 94.6 Å². The third kappa shape index (κ3) is 6.00. The molecule has 2 aromatic heterocycles. The van der Waals surface area contributed by atoms with Crippen LogP contribution in [0.2, 0.25) is 0 Å². The van der Waals surface area contributed by atoms with Gasteiger partial charge in [-0.15, -0.1) is 0 Å². The maximum atomic E-state index is 14.6. The summed E-state index contributed by atoms with van der Waals surface area (Å²) in [6, 6.07) is 13.3. The summed E-state index contributed by atoms with van der Waals surface area (Å²) in [5.41, 5.74) is 8.37. The number of ether oxygens (including phenoxy) is 1. The van der Waals surface area contributed by atoms with E-state index in [1.54, 1.807) is 18.2 Å². The number of nitrogens with zero attached hydrogens (tertiary/aromatic N) is 5. The molecule has 1 aliphatic heterocycles. The molecule has 10 nitrogen and oxygen atoms in total. The Balaban J connectivity index is 1.19. The number of hydrogen-bond acceptors (Lipinski definition) is 7. The predicted molar refractivity (Wildman–Crippen MR) is 155 cm³/mol. The minimum atomic E-state index is -1.04. The van der Waals surface area contributed by atoms with Gasteiger partial charge in [0.15, 0.2) is 11.6 Å². The van der Waals surface area contributed by atoms with Crippen molar-refractivity contribution in [1.29, 1.82) is 5.26 Å². The summed E-state index contributed by atoms with van der Waals surface area (Å²) in [6.07, 6.45) is 3.95. The van der Waals surface area contributed by atoms with Crippen LogP contribution in [0.1, 0.15) is 52.4 Å². The molecule has 0 atom stereocenters. The number of imidazole rings is 1. The quantitative estimate of drug-likeness (QED) is 0.258. The van der Waals surface area contributed by atoms with Crippen LogP contribution < -0.4 is 10.5 Å². The molecular formula is C32H28F2N6O4. The molecular weight excluding hydrogens is 570 g/mol. The summed E-state index contributed by atoms with van der Waals surface area (Å²) in [6.45, 7) is 1.72. The zero-order valence-corrected chi connectivity index (χ0v) is 23.6. The number of amides is 1. The number of fused-ring (bicyclic) bond motifs is 1. The minimum Gasteiger partial charge on any atom is -0.484 e. The molecule has 3 heterocycles. The Morgan fingerprint density at radius 1 is 1.09 bits per heavy atom. The first-order chi connectivity index (χ1) is 21.1. The van der Waals surface area contributed by atoms with Gasteiger partial charge in [-0.2, -0.15) is 5.26 Å². The molecule has 1 amide bonds. The first-order valence-corrected chi connectivity index (χ1v) is 14.0. The Hall–Kier alpha value is -5.15. The fraction of sp³-hybridized carbons (Fsp3) is 0.281. The van der Waals surface area contributed by atoms with Gasteiger partial charge in [0.25, 0.3) is 0 Å². The van der Waals surface area contributed by atoms with Crippen molar-refractivity contribution in [1.82, 2.24) is 19.4 Å². The summed E-state index contributed by atoms with van der Waals surface area (Å²) >= 11 is 0. The molecule has 0 radical (unpaired) electrons. The number of benzene rings is 2. The van der Waals surface area contributed by atoms with Gasteiger partial charge in [-0.3, -0.25) is 9.69 Å². The number of halogens is 2. The Bertz CT molecular complexity index is 1870. The number of hydrogen-bond donors (Lipinski definition) is 2. The highest BCUT2D eigenvalue weighted by atomic mass is 19.1. The fourth-order valence-electron chi connectivity index (χ4n) is 5.59. The van der Waals surface area contributed by atoms with Crippen LogP contribution in [-0.4, -0.2) is 49.5 Å². The molecule has 2 aliphatic rings. The van der Waals surface area contributed by atoms with Crippen LogP contribution in [0.15, 0.2) is 54.6 Å². The smallest absolute Gasteiger partial charge is 0.335 e. The Morgan fingerprint density at radius 3 is 2.61 bits per heavy atom. The summed E-state index contributed by atoms with van der Waals surface area (Å²) in [7, 11) is 0. The van der Waals surface area contributed by atoms with Crippen LogP contribution in [0.3, 0.4) is 0 Å². The van der Waals surface area contributed by atoms with E-state index in [4.69, 9.17) is 20.7 Å². The van der Waals surface area contributed by atoms with Crippen LogP contribution in [0, 0.1) is 28.4 Å². The fourth-order valence-corrected chi connectivity index (χ4v) is 5.59. The number of carboxylic acid groups (broad SMARTS) is 1. The lowest BCUT2D eigenvalue weighted by Crippen LogP contribution is -2.26. The monoisotopic (exact) mass is 598 g/mol. The number of carboxylic acids is 1. The number of nitrogens with two attached hydrogens (primary N) is 1. The van der Waals surface area contributed by atoms with E-state index in [-0.39, 0.29) is 46.9 Å².